The maximum absolute atomic E-state index is 12.3. The fourth-order valence-electron chi connectivity index (χ4n) is 3.95. The van der Waals surface area contributed by atoms with Crippen LogP contribution >= 0.6 is 0 Å². The Morgan fingerprint density at radius 1 is 1.24 bits per heavy atom. The van der Waals surface area contributed by atoms with E-state index in [1.165, 1.54) is 12.1 Å². The van der Waals surface area contributed by atoms with E-state index in [4.69, 9.17) is 4.74 Å². The van der Waals surface area contributed by atoms with Crippen LogP contribution in [0.15, 0.2) is 12.1 Å². The second-order valence-electron chi connectivity index (χ2n) is 7.75. The SMILES string of the molecule is Cc1cc(NC(=O)COC(=O)[C@H]2CC(=O)N(C3CCCC3)C2)c([N+](=O)[O-])cc1C. The van der Waals surface area contributed by atoms with Gasteiger partial charge in [0.05, 0.1) is 10.8 Å². The first kappa shape index (κ1) is 20.8. The second-order valence-corrected chi connectivity index (χ2v) is 7.75. The minimum atomic E-state index is -0.665. The molecule has 1 aromatic rings. The third-order valence-electron chi connectivity index (χ3n) is 5.69. The van der Waals surface area contributed by atoms with E-state index in [2.05, 4.69) is 5.32 Å². The molecule has 1 saturated heterocycles. The van der Waals surface area contributed by atoms with Crippen molar-refractivity contribution in [2.45, 2.75) is 52.0 Å². The lowest BCUT2D eigenvalue weighted by atomic mass is 10.1. The van der Waals surface area contributed by atoms with Crippen molar-refractivity contribution in [1.29, 1.82) is 0 Å². The summed E-state index contributed by atoms with van der Waals surface area (Å²) in [6.45, 7) is 3.29. The molecule has 1 saturated carbocycles. The second kappa shape index (κ2) is 8.59. The molecule has 0 aromatic heterocycles. The largest absolute Gasteiger partial charge is 0.455 e. The van der Waals surface area contributed by atoms with Crippen molar-refractivity contribution in [2.24, 2.45) is 5.92 Å². The summed E-state index contributed by atoms with van der Waals surface area (Å²) in [5.74, 6) is -1.88. The van der Waals surface area contributed by atoms with Gasteiger partial charge in [-0.3, -0.25) is 24.5 Å². The molecule has 29 heavy (non-hydrogen) atoms. The summed E-state index contributed by atoms with van der Waals surface area (Å²) in [5.41, 5.74) is 1.36. The zero-order valence-electron chi connectivity index (χ0n) is 16.6. The number of benzene rings is 1. The summed E-state index contributed by atoms with van der Waals surface area (Å²) in [6.07, 6.45) is 4.21. The molecule has 1 aromatic carbocycles. The number of nitro benzene ring substituents is 1. The number of rotatable bonds is 6. The van der Waals surface area contributed by atoms with E-state index in [0.29, 0.717) is 6.54 Å². The molecule has 2 aliphatic rings. The minimum absolute atomic E-state index is 0.0472. The third-order valence-corrected chi connectivity index (χ3v) is 5.69. The van der Waals surface area contributed by atoms with Gasteiger partial charge < -0.3 is 15.0 Å². The summed E-state index contributed by atoms with van der Waals surface area (Å²) in [4.78, 5) is 49.0. The fourth-order valence-corrected chi connectivity index (χ4v) is 3.95. The predicted octanol–water partition coefficient (Wildman–Crippen LogP) is 2.48. The number of carbonyl (C=O) groups excluding carboxylic acids is 3. The molecule has 9 heteroatoms. The van der Waals surface area contributed by atoms with Gasteiger partial charge in [-0.1, -0.05) is 12.8 Å². The van der Waals surface area contributed by atoms with Gasteiger partial charge in [-0.05, 0) is 43.9 Å². The summed E-state index contributed by atoms with van der Waals surface area (Å²) >= 11 is 0. The first-order valence-corrected chi connectivity index (χ1v) is 9.78. The van der Waals surface area contributed by atoms with Crippen molar-refractivity contribution in [3.8, 4) is 0 Å². The highest BCUT2D eigenvalue weighted by molar-refractivity contribution is 5.95. The van der Waals surface area contributed by atoms with Crippen LogP contribution < -0.4 is 5.32 Å². The van der Waals surface area contributed by atoms with Crippen molar-refractivity contribution in [3.05, 3.63) is 33.4 Å². The number of hydrogen-bond acceptors (Lipinski definition) is 6. The molecule has 1 N–H and O–H groups in total. The molecule has 1 aliphatic carbocycles. The third kappa shape index (κ3) is 4.72. The Balaban J connectivity index is 1.55. The van der Waals surface area contributed by atoms with Crippen LogP contribution in [0.2, 0.25) is 0 Å². The van der Waals surface area contributed by atoms with Gasteiger partial charge in [-0.25, -0.2) is 0 Å². The Kier molecular flexibility index (Phi) is 6.14. The molecule has 0 bridgehead atoms. The van der Waals surface area contributed by atoms with Crippen LogP contribution in [0.4, 0.5) is 11.4 Å². The Bertz CT molecular complexity index is 847. The van der Waals surface area contributed by atoms with Gasteiger partial charge in [0.1, 0.15) is 5.69 Å². The molecule has 9 nitrogen and oxygen atoms in total. The Morgan fingerprint density at radius 2 is 1.90 bits per heavy atom. The molecule has 0 unspecified atom stereocenters. The van der Waals surface area contributed by atoms with Gasteiger partial charge in [-0.2, -0.15) is 0 Å². The average molecular weight is 403 g/mol. The van der Waals surface area contributed by atoms with Gasteiger partial charge in [0.15, 0.2) is 6.61 Å². The quantitative estimate of drug-likeness (QED) is 0.443. The lowest BCUT2D eigenvalue weighted by Gasteiger charge is -2.23. The molecule has 2 fully saturated rings. The van der Waals surface area contributed by atoms with E-state index < -0.39 is 29.3 Å². The van der Waals surface area contributed by atoms with E-state index in [9.17, 15) is 24.5 Å². The Hall–Kier alpha value is -2.97. The maximum atomic E-state index is 12.3. The number of nitrogens with zero attached hydrogens (tertiary/aromatic N) is 2. The number of anilines is 1. The van der Waals surface area contributed by atoms with E-state index in [0.717, 1.165) is 36.8 Å². The molecular weight excluding hydrogens is 378 g/mol. The van der Waals surface area contributed by atoms with Gasteiger partial charge in [0.25, 0.3) is 11.6 Å². The summed E-state index contributed by atoms with van der Waals surface area (Å²) < 4.78 is 5.07. The highest BCUT2D eigenvalue weighted by atomic mass is 16.6. The van der Waals surface area contributed by atoms with Crippen LogP contribution in [-0.2, 0) is 19.1 Å². The minimum Gasteiger partial charge on any atom is -0.455 e. The highest BCUT2D eigenvalue weighted by Crippen LogP contribution is 2.30. The van der Waals surface area contributed by atoms with Crippen LogP contribution in [0.1, 0.15) is 43.2 Å². The standard InChI is InChI=1S/C20H25N3O6/c1-12-7-16(17(23(27)28)8-13(12)2)21-18(24)11-29-20(26)14-9-19(25)22(10-14)15-5-3-4-6-15/h7-8,14-15H,3-6,9-11H2,1-2H3,(H,21,24)/t14-/m0/s1. The highest BCUT2D eigenvalue weighted by Gasteiger charge is 2.39. The number of likely N-dealkylation sites (tertiary alicyclic amines) is 1. The van der Waals surface area contributed by atoms with Crippen LogP contribution in [-0.4, -0.2) is 46.8 Å². The van der Waals surface area contributed by atoms with Crippen LogP contribution in [0.5, 0.6) is 0 Å². The zero-order valence-corrected chi connectivity index (χ0v) is 16.6. The van der Waals surface area contributed by atoms with Crippen molar-refractivity contribution in [3.63, 3.8) is 0 Å². The smallest absolute Gasteiger partial charge is 0.311 e. The van der Waals surface area contributed by atoms with Crippen molar-refractivity contribution in [1.82, 2.24) is 4.90 Å². The van der Waals surface area contributed by atoms with Gasteiger partial charge >= 0.3 is 5.97 Å². The Labute approximate surface area is 168 Å². The lowest BCUT2D eigenvalue weighted by molar-refractivity contribution is -0.384. The number of hydrogen-bond donors (Lipinski definition) is 1. The number of aryl methyl sites for hydroxylation is 2. The molecule has 1 heterocycles. The number of esters is 1. The molecule has 156 valence electrons. The number of carbonyl (C=O) groups is 3. The average Bonchev–Trinajstić information content (AvgIpc) is 3.31. The summed E-state index contributed by atoms with van der Waals surface area (Å²) in [6, 6.07) is 3.11. The predicted molar refractivity (Wildman–Crippen MR) is 104 cm³/mol. The van der Waals surface area contributed by atoms with Crippen molar-refractivity contribution >= 4 is 29.2 Å². The zero-order chi connectivity index (χ0) is 21.1. The van der Waals surface area contributed by atoms with Gasteiger partial charge in [0, 0.05) is 25.1 Å². The first-order chi connectivity index (χ1) is 13.8. The van der Waals surface area contributed by atoms with Crippen molar-refractivity contribution < 1.29 is 24.0 Å². The number of ether oxygens (including phenoxy) is 1. The van der Waals surface area contributed by atoms with Crippen LogP contribution in [0.3, 0.4) is 0 Å². The maximum Gasteiger partial charge on any atom is 0.311 e. The first-order valence-electron chi connectivity index (χ1n) is 9.78. The molecule has 0 spiro atoms. The molecule has 1 aliphatic heterocycles. The van der Waals surface area contributed by atoms with Gasteiger partial charge in [0.2, 0.25) is 5.91 Å². The van der Waals surface area contributed by atoms with Gasteiger partial charge in [-0.15, -0.1) is 0 Å². The topological polar surface area (TPSA) is 119 Å². The molecular formula is C20H25N3O6. The molecule has 1 atom stereocenters. The van der Waals surface area contributed by atoms with E-state index in [1.54, 1.807) is 18.7 Å². The summed E-state index contributed by atoms with van der Waals surface area (Å²) in [7, 11) is 0. The molecule has 2 amide bonds. The molecule has 3 rings (SSSR count). The lowest BCUT2D eigenvalue weighted by Crippen LogP contribution is -2.35. The van der Waals surface area contributed by atoms with Crippen LogP contribution in [0, 0.1) is 29.9 Å². The number of nitro groups is 1. The van der Waals surface area contributed by atoms with E-state index in [-0.39, 0.29) is 29.7 Å². The number of nitrogens with one attached hydrogen (secondary N) is 1. The number of amides is 2. The fraction of sp³-hybridized carbons (Fsp3) is 0.550. The van der Waals surface area contributed by atoms with E-state index in [1.807, 2.05) is 0 Å². The van der Waals surface area contributed by atoms with Crippen LogP contribution in [0.25, 0.3) is 0 Å². The normalized spacial score (nSPS) is 19.4. The Morgan fingerprint density at radius 3 is 2.55 bits per heavy atom. The van der Waals surface area contributed by atoms with Crippen molar-refractivity contribution in [2.75, 3.05) is 18.5 Å². The summed E-state index contributed by atoms with van der Waals surface area (Å²) in [5, 5.41) is 13.6. The molecule has 0 radical (unpaired) electrons. The monoisotopic (exact) mass is 403 g/mol. The van der Waals surface area contributed by atoms with E-state index >= 15 is 0 Å².